The third-order valence-corrected chi connectivity index (χ3v) is 5.37. The molecule has 5 nitrogen and oxygen atoms in total. The SMILES string of the molecule is CC(=C\C(=O)OCc1ccccc1)/C=C(\C)C[C@H](C)CCCC[C@H]1OC(=O)[C@@H]1CO. The fraction of sp³-hybridized carbons (Fsp3) is 0.520. The van der Waals surface area contributed by atoms with Gasteiger partial charge in [0.2, 0.25) is 0 Å². The molecule has 0 aliphatic carbocycles. The van der Waals surface area contributed by atoms with Gasteiger partial charge in [0.05, 0.1) is 6.61 Å². The van der Waals surface area contributed by atoms with Gasteiger partial charge in [-0.05, 0) is 50.2 Å². The van der Waals surface area contributed by atoms with Crippen LogP contribution in [0.3, 0.4) is 0 Å². The Bertz CT molecular complexity index is 750. The van der Waals surface area contributed by atoms with Crippen molar-refractivity contribution < 1.29 is 24.2 Å². The number of aliphatic hydroxyl groups excluding tert-OH is 1. The van der Waals surface area contributed by atoms with E-state index in [9.17, 15) is 9.59 Å². The van der Waals surface area contributed by atoms with Crippen LogP contribution >= 0.6 is 0 Å². The van der Waals surface area contributed by atoms with E-state index < -0.39 is 0 Å². The Balaban J connectivity index is 1.65. The number of esters is 2. The fourth-order valence-corrected chi connectivity index (χ4v) is 3.79. The average Bonchev–Trinajstić information content (AvgIpc) is 2.69. The predicted molar refractivity (Wildman–Crippen MR) is 116 cm³/mol. The van der Waals surface area contributed by atoms with Crippen molar-refractivity contribution in [2.45, 2.75) is 65.6 Å². The summed E-state index contributed by atoms with van der Waals surface area (Å²) < 4.78 is 10.4. The maximum Gasteiger partial charge on any atom is 0.331 e. The third-order valence-electron chi connectivity index (χ3n) is 5.37. The monoisotopic (exact) mass is 414 g/mol. The van der Waals surface area contributed by atoms with Crippen molar-refractivity contribution in [1.29, 1.82) is 0 Å². The number of hydrogen-bond donors (Lipinski definition) is 1. The molecule has 1 saturated heterocycles. The fourth-order valence-electron chi connectivity index (χ4n) is 3.79. The minimum Gasteiger partial charge on any atom is -0.461 e. The van der Waals surface area contributed by atoms with Crippen LogP contribution in [0.4, 0.5) is 0 Å². The topological polar surface area (TPSA) is 72.8 Å². The highest BCUT2D eigenvalue weighted by Crippen LogP contribution is 2.27. The molecule has 1 aliphatic rings. The van der Waals surface area contributed by atoms with E-state index in [0.29, 0.717) is 5.92 Å². The van der Waals surface area contributed by atoms with Crippen molar-refractivity contribution in [3.05, 3.63) is 59.2 Å². The summed E-state index contributed by atoms with van der Waals surface area (Å²) in [4.78, 5) is 23.1. The Labute approximate surface area is 179 Å². The number of unbranched alkanes of at least 4 members (excludes halogenated alkanes) is 1. The molecule has 0 aromatic heterocycles. The molecule has 1 heterocycles. The van der Waals surface area contributed by atoms with Crippen molar-refractivity contribution in [2.24, 2.45) is 11.8 Å². The van der Waals surface area contributed by atoms with Gasteiger partial charge in [0, 0.05) is 6.08 Å². The van der Waals surface area contributed by atoms with Crippen LogP contribution in [0.1, 0.15) is 58.4 Å². The van der Waals surface area contributed by atoms with Crippen molar-refractivity contribution in [3.8, 4) is 0 Å². The van der Waals surface area contributed by atoms with E-state index in [0.717, 1.165) is 43.2 Å². The number of cyclic esters (lactones) is 1. The maximum absolute atomic E-state index is 12.0. The summed E-state index contributed by atoms with van der Waals surface area (Å²) in [5.41, 5.74) is 3.10. The molecule has 164 valence electrons. The number of aliphatic hydroxyl groups is 1. The van der Waals surface area contributed by atoms with Gasteiger partial charge in [-0.25, -0.2) is 4.79 Å². The molecule has 30 heavy (non-hydrogen) atoms. The van der Waals surface area contributed by atoms with E-state index in [1.165, 1.54) is 11.6 Å². The highest BCUT2D eigenvalue weighted by molar-refractivity contribution is 5.83. The molecule has 1 aromatic rings. The molecule has 0 unspecified atom stereocenters. The molecule has 5 heteroatoms. The zero-order valence-electron chi connectivity index (χ0n) is 18.3. The van der Waals surface area contributed by atoms with Crippen molar-refractivity contribution in [2.75, 3.05) is 6.61 Å². The van der Waals surface area contributed by atoms with Crippen molar-refractivity contribution in [1.82, 2.24) is 0 Å². The van der Waals surface area contributed by atoms with Gasteiger partial charge in [-0.15, -0.1) is 0 Å². The molecule has 0 amide bonds. The second kappa shape index (κ2) is 12.3. The molecule has 0 bridgehead atoms. The number of benzene rings is 1. The molecular formula is C25H34O5. The van der Waals surface area contributed by atoms with Crippen LogP contribution in [0.5, 0.6) is 0 Å². The van der Waals surface area contributed by atoms with Crippen LogP contribution in [-0.4, -0.2) is 29.8 Å². The lowest BCUT2D eigenvalue weighted by atomic mass is 9.91. The summed E-state index contributed by atoms with van der Waals surface area (Å²) in [6.07, 6.45) is 8.43. The van der Waals surface area contributed by atoms with Crippen LogP contribution in [0, 0.1) is 11.8 Å². The zero-order valence-corrected chi connectivity index (χ0v) is 18.3. The number of carbonyl (C=O) groups excluding carboxylic acids is 2. The highest BCUT2D eigenvalue weighted by atomic mass is 16.6. The molecule has 0 radical (unpaired) electrons. The minimum atomic E-state index is -0.327. The van der Waals surface area contributed by atoms with Gasteiger partial charge >= 0.3 is 11.9 Å². The van der Waals surface area contributed by atoms with Crippen LogP contribution in [0.25, 0.3) is 0 Å². The summed E-state index contributed by atoms with van der Waals surface area (Å²) >= 11 is 0. The van der Waals surface area contributed by atoms with E-state index in [4.69, 9.17) is 14.6 Å². The molecule has 1 aliphatic heterocycles. The number of hydrogen-bond acceptors (Lipinski definition) is 5. The maximum atomic E-state index is 12.0. The van der Waals surface area contributed by atoms with E-state index in [-0.39, 0.29) is 37.2 Å². The molecule has 1 aromatic carbocycles. The van der Waals surface area contributed by atoms with Gasteiger partial charge < -0.3 is 14.6 Å². The number of ether oxygens (including phenoxy) is 2. The lowest BCUT2D eigenvalue weighted by molar-refractivity contribution is -0.189. The van der Waals surface area contributed by atoms with Gasteiger partial charge in [-0.3, -0.25) is 4.79 Å². The van der Waals surface area contributed by atoms with Gasteiger partial charge in [0.25, 0.3) is 0 Å². The van der Waals surface area contributed by atoms with Crippen molar-refractivity contribution in [3.63, 3.8) is 0 Å². The smallest absolute Gasteiger partial charge is 0.331 e. The number of allylic oxidation sites excluding steroid dienone is 3. The van der Waals surface area contributed by atoms with Crippen LogP contribution in [0.2, 0.25) is 0 Å². The van der Waals surface area contributed by atoms with E-state index in [1.54, 1.807) is 0 Å². The normalized spacial score (nSPS) is 20.3. The molecular weight excluding hydrogens is 380 g/mol. The van der Waals surface area contributed by atoms with Gasteiger partial charge in [-0.2, -0.15) is 0 Å². The molecule has 3 atom stereocenters. The molecule has 1 fully saturated rings. The quantitative estimate of drug-likeness (QED) is 0.231. The second-order valence-corrected chi connectivity index (χ2v) is 8.33. The van der Waals surface area contributed by atoms with Gasteiger partial charge in [0.1, 0.15) is 18.6 Å². The molecule has 0 saturated carbocycles. The summed E-state index contributed by atoms with van der Waals surface area (Å²) in [7, 11) is 0. The lowest BCUT2D eigenvalue weighted by Gasteiger charge is -2.33. The Hall–Kier alpha value is -2.40. The Kier molecular flexibility index (Phi) is 9.81. The lowest BCUT2D eigenvalue weighted by Crippen LogP contribution is -2.47. The highest BCUT2D eigenvalue weighted by Gasteiger charge is 2.41. The first-order valence-electron chi connectivity index (χ1n) is 10.8. The van der Waals surface area contributed by atoms with Crippen LogP contribution in [0.15, 0.2) is 53.6 Å². The minimum absolute atomic E-state index is 0.103. The Morgan fingerprint density at radius 2 is 1.93 bits per heavy atom. The van der Waals surface area contributed by atoms with Crippen LogP contribution in [-0.2, 0) is 25.7 Å². The summed E-state index contributed by atoms with van der Waals surface area (Å²) in [5, 5.41) is 9.14. The Morgan fingerprint density at radius 1 is 1.20 bits per heavy atom. The first kappa shape index (κ1) is 23.9. The standard InChI is InChI=1S/C25H34O5/c1-18(9-7-8-12-23-22(16-26)25(28)30-23)13-19(2)14-20(3)15-24(27)29-17-21-10-5-4-6-11-21/h4-6,10-11,14-15,18,22-23,26H,7-9,12-13,16-17H2,1-3H3/b19-14+,20-15+/t18-,22-,23-/m1/s1. The van der Waals surface area contributed by atoms with E-state index in [1.807, 2.05) is 43.3 Å². The molecule has 2 rings (SSSR count). The first-order valence-corrected chi connectivity index (χ1v) is 10.8. The van der Waals surface area contributed by atoms with Crippen LogP contribution < -0.4 is 0 Å². The molecule has 0 spiro atoms. The van der Waals surface area contributed by atoms with E-state index >= 15 is 0 Å². The molecule has 1 N–H and O–H groups in total. The Morgan fingerprint density at radius 3 is 2.60 bits per heavy atom. The first-order chi connectivity index (χ1) is 14.4. The third kappa shape index (κ3) is 8.15. The van der Waals surface area contributed by atoms with Crippen molar-refractivity contribution >= 4 is 11.9 Å². The summed E-state index contributed by atoms with van der Waals surface area (Å²) in [6, 6.07) is 9.64. The zero-order chi connectivity index (χ0) is 21.9. The van der Waals surface area contributed by atoms with Gasteiger partial charge in [-0.1, -0.05) is 61.7 Å². The second-order valence-electron chi connectivity index (χ2n) is 8.33. The van der Waals surface area contributed by atoms with E-state index in [2.05, 4.69) is 13.8 Å². The summed E-state index contributed by atoms with van der Waals surface area (Å²) in [5.74, 6) is -0.381. The predicted octanol–water partition coefficient (Wildman–Crippen LogP) is 4.74. The summed E-state index contributed by atoms with van der Waals surface area (Å²) in [6.45, 7) is 6.39. The number of carbonyl (C=O) groups is 2. The largest absolute Gasteiger partial charge is 0.461 e. The number of rotatable bonds is 12. The van der Waals surface area contributed by atoms with Gasteiger partial charge in [0.15, 0.2) is 0 Å². The average molecular weight is 415 g/mol.